The average molecular weight is 566 g/mol. The Bertz CT molecular complexity index is 1340. The first kappa shape index (κ1) is 28.2. The van der Waals surface area contributed by atoms with E-state index in [1.165, 1.54) is 11.8 Å². The molecular weight excluding hydrogens is 538 g/mol. The first-order valence-electron chi connectivity index (χ1n) is 12.4. The predicted octanol–water partition coefficient (Wildman–Crippen LogP) is 5.73. The number of halogens is 1. The van der Waals surface area contributed by atoms with Crippen LogP contribution in [0.15, 0.2) is 77.8 Å². The molecule has 39 heavy (non-hydrogen) atoms. The molecule has 1 aliphatic heterocycles. The molecule has 0 radical (unpaired) electrons. The lowest BCUT2D eigenvalue weighted by Crippen LogP contribution is -2.46. The molecular formula is C29H28ClN3O5S. The molecule has 1 fully saturated rings. The molecule has 202 valence electrons. The van der Waals surface area contributed by atoms with Crippen LogP contribution in [0.25, 0.3) is 0 Å². The van der Waals surface area contributed by atoms with Crippen LogP contribution in [0.5, 0.6) is 5.75 Å². The number of carbonyl (C=O) groups excluding carboxylic acids is 3. The van der Waals surface area contributed by atoms with E-state index < -0.39 is 11.2 Å². The van der Waals surface area contributed by atoms with Gasteiger partial charge in [-0.3, -0.25) is 14.5 Å². The maximum atomic E-state index is 13.3. The number of benzene rings is 3. The summed E-state index contributed by atoms with van der Waals surface area (Å²) in [5.41, 5.74) is 2.58. The van der Waals surface area contributed by atoms with Gasteiger partial charge in [-0.15, -0.1) is 0 Å². The van der Waals surface area contributed by atoms with Crippen LogP contribution in [0.3, 0.4) is 0 Å². The van der Waals surface area contributed by atoms with Gasteiger partial charge in [-0.25, -0.2) is 9.79 Å². The van der Waals surface area contributed by atoms with Crippen molar-refractivity contribution in [2.75, 3.05) is 25.6 Å². The largest absolute Gasteiger partial charge is 0.497 e. The molecule has 0 saturated carbocycles. The third kappa shape index (κ3) is 7.61. The Morgan fingerprint density at radius 2 is 1.74 bits per heavy atom. The molecule has 3 aromatic rings. The second-order valence-corrected chi connectivity index (χ2v) is 10.2. The minimum absolute atomic E-state index is 0.0358. The number of esters is 1. The SMILES string of the molecule is CCOC(=O)c1ccc(N=C2SC(C(=O)Nc3ccc(OC)cc3)CC(=O)N2CCc2ccc(Cl)cc2)cc1. The van der Waals surface area contributed by atoms with Crippen molar-refractivity contribution in [1.82, 2.24) is 4.90 Å². The van der Waals surface area contributed by atoms with E-state index in [4.69, 9.17) is 26.1 Å². The standard InChI is InChI=1S/C29H28ClN3O5S/c1-3-38-28(36)20-6-10-23(11-7-20)32-29-33(17-16-19-4-8-21(30)9-5-19)26(34)18-25(39-29)27(35)31-22-12-14-24(37-2)15-13-22/h4-15,25H,3,16-18H2,1-2H3,(H,31,35). The summed E-state index contributed by atoms with van der Waals surface area (Å²) < 4.78 is 10.2. The number of thioether (sulfide) groups is 1. The van der Waals surface area contributed by atoms with Crippen molar-refractivity contribution in [2.24, 2.45) is 4.99 Å². The third-order valence-electron chi connectivity index (χ3n) is 5.93. The van der Waals surface area contributed by atoms with Gasteiger partial charge in [0.25, 0.3) is 0 Å². The molecule has 3 aromatic carbocycles. The number of carbonyl (C=O) groups is 3. The topological polar surface area (TPSA) is 97.3 Å². The molecule has 1 unspecified atom stereocenters. The van der Waals surface area contributed by atoms with Crippen LogP contribution in [0.1, 0.15) is 29.3 Å². The van der Waals surface area contributed by atoms with E-state index >= 15 is 0 Å². The Balaban J connectivity index is 1.55. The highest BCUT2D eigenvalue weighted by molar-refractivity contribution is 8.15. The number of ether oxygens (including phenoxy) is 2. The average Bonchev–Trinajstić information content (AvgIpc) is 2.94. The zero-order valence-electron chi connectivity index (χ0n) is 21.6. The summed E-state index contributed by atoms with van der Waals surface area (Å²) in [6.45, 7) is 2.42. The number of nitrogens with zero attached hydrogens (tertiary/aromatic N) is 2. The van der Waals surface area contributed by atoms with E-state index in [0.29, 0.717) is 45.8 Å². The second-order valence-electron chi connectivity index (χ2n) is 8.61. The fourth-order valence-corrected chi connectivity index (χ4v) is 5.10. The van der Waals surface area contributed by atoms with Gasteiger partial charge < -0.3 is 14.8 Å². The van der Waals surface area contributed by atoms with E-state index in [2.05, 4.69) is 5.32 Å². The quantitative estimate of drug-likeness (QED) is 0.333. The first-order chi connectivity index (χ1) is 18.9. The Labute approximate surface area is 236 Å². The van der Waals surface area contributed by atoms with Crippen molar-refractivity contribution in [1.29, 1.82) is 0 Å². The van der Waals surface area contributed by atoms with Crippen molar-refractivity contribution >= 4 is 57.7 Å². The van der Waals surface area contributed by atoms with Gasteiger partial charge in [0.05, 0.1) is 25.0 Å². The Kier molecular flexibility index (Phi) is 9.62. The van der Waals surface area contributed by atoms with Crippen molar-refractivity contribution < 1.29 is 23.9 Å². The van der Waals surface area contributed by atoms with Crippen LogP contribution in [0.4, 0.5) is 11.4 Å². The zero-order valence-corrected chi connectivity index (χ0v) is 23.1. The smallest absolute Gasteiger partial charge is 0.338 e. The van der Waals surface area contributed by atoms with Gasteiger partial charge in [0.1, 0.15) is 11.0 Å². The number of hydrogen-bond donors (Lipinski definition) is 1. The highest BCUT2D eigenvalue weighted by atomic mass is 35.5. The molecule has 0 spiro atoms. The van der Waals surface area contributed by atoms with Gasteiger partial charge in [0.15, 0.2) is 5.17 Å². The van der Waals surface area contributed by atoms with E-state index in [9.17, 15) is 14.4 Å². The fraction of sp³-hybridized carbons (Fsp3) is 0.241. The van der Waals surface area contributed by atoms with Crippen LogP contribution in [0, 0.1) is 0 Å². The molecule has 4 rings (SSSR count). The minimum atomic E-state index is -0.663. The van der Waals surface area contributed by atoms with Crippen LogP contribution < -0.4 is 10.1 Å². The van der Waals surface area contributed by atoms with Crippen molar-refractivity contribution in [2.45, 2.75) is 25.0 Å². The van der Waals surface area contributed by atoms with Gasteiger partial charge in [0, 0.05) is 23.7 Å². The monoisotopic (exact) mass is 565 g/mol. The molecule has 0 aliphatic carbocycles. The van der Waals surface area contributed by atoms with E-state index in [1.54, 1.807) is 67.5 Å². The highest BCUT2D eigenvalue weighted by Crippen LogP contribution is 2.30. The molecule has 1 aliphatic rings. The number of amides is 2. The van der Waals surface area contributed by atoms with Crippen molar-refractivity contribution in [3.8, 4) is 5.75 Å². The lowest BCUT2D eigenvalue weighted by molar-refractivity contribution is -0.129. The maximum absolute atomic E-state index is 13.3. The number of anilines is 1. The lowest BCUT2D eigenvalue weighted by atomic mass is 10.1. The highest BCUT2D eigenvalue weighted by Gasteiger charge is 2.35. The Morgan fingerprint density at radius 1 is 1.05 bits per heavy atom. The Morgan fingerprint density at radius 3 is 2.38 bits per heavy atom. The number of nitrogens with one attached hydrogen (secondary N) is 1. The summed E-state index contributed by atoms with van der Waals surface area (Å²) >= 11 is 7.24. The second kappa shape index (κ2) is 13.3. The number of amidine groups is 1. The third-order valence-corrected chi connectivity index (χ3v) is 7.37. The number of hydrogen-bond acceptors (Lipinski definition) is 7. The van der Waals surface area contributed by atoms with Crippen LogP contribution in [-0.2, 0) is 20.7 Å². The van der Waals surface area contributed by atoms with Gasteiger partial charge in [0.2, 0.25) is 11.8 Å². The number of aliphatic imine (C=N–C) groups is 1. The van der Waals surface area contributed by atoms with Gasteiger partial charge in [-0.1, -0.05) is 35.5 Å². The molecule has 1 atom stereocenters. The minimum Gasteiger partial charge on any atom is -0.497 e. The molecule has 1 heterocycles. The zero-order chi connectivity index (χ0) is 27.8. The van der Waals surface area contributed by atoms with E-state index in [-0.39, 0.29) is 24.8 Å². The van der Waals surface area contributed by atoms with E-state index in [1.807, 2.05) is 24.3 Å². The normalized spacial score (nSPS) is 16.2. The molecule has 1 saturated heterocycles. The maximum Gasteiger partial charge on any atom is 0.338 e. The summed E-state index contributed by atoms with van der Waals surface area (Å²) in [5, 5.41) is 3.27. The summed E-state index contributed by atoms with van der Waals surface area (Å²) in [5.74, 6) is -0.227. The molecule has 0 aromatic heterocycles. The summed E-state index contributed by atoms with van der Waals surface area (Å²) in [6, 6.07) is 21.0. The molecule has 8 nitrogen and oxygen atoms in total. The summed E-state index contributed by atoms with van der Waals surface area (Å²) in [7, 11) is 1.57. The Hall–Kier alpha value is -3.82. The van der Waals surface area contributed by atoms with Gasteiger partial charge >= 0.3 is 5.97 Å². The van der Waals surface area contributed by atoms with Crippen molar-refractivity contribution in [3.05, 3.63) is 88.9 Å². The number of rotatable bonds is 9. The lowest BCUT2D eigenvalue weighted by Gasteiger charge is -2.32. The summed E-state index contributed by atoms with van der Waals surface area (Å²) in [4.78, 5) is 44.7. The molecule has 1 N–H and O–H groups in total. The molecule has 0 bridgehead atoms. The van der Waals surface area contributed by atoms with Crippen LogP contribution in [-0.4, -0.2) is 53.4 Å². The van der Waals surface area contributed by atoms with Gasteiger partial charge in [-0.05, 0) is 79.6 Å². The summed E-state index contributed by atoms with van der Waals surface area (Å²) in [6.07, 6.45) is 0.626. The molecule has 10 heteroatoms. The van der Waals surface area contributed by atoms with Crippen LogP contribution >= 0.6 is 23.4 Å². The van der Waals surface area contributed by atoms with Gasteiger partial charge in [-0.2, -0.15) is 0 Å². The molecule has 2 amide bonds. The van der Waals surface area contributed by atoms with Crippen LogP contribution in [0.2, 0.25) is 5.02 Å². The number of methoxy groups -OCH3 is 1. The van der Waals surface area contributed by atoms with E-state index in [0.717, 1.165) is 5.56 Å². The first-order valence-corrected chi connectivity index (χ1v) is 13.6. The predicted molar refractivity (Wildman–Crippen MR) is 154 cm³/mol. The van der Waals surface area contributed by atoms with Crippen molar-refractivity contribution in [3.63, 3.8) is 0 Å². The fourth-order valence-electron chi connectivity index (χ4n) is 3.85.